The van der Waals surface area contributed by atoms with Gasteiger partial charge in [-0.15, -0.1) is 0 Å². The quantitative estimate of drug-likeness (QED) is 0.273. The highest BCUT2D eigenvalue weighted by atomic mass is 35.5. The number of hydrogen-bond donors (Lipinski definition) is 1. The van der Waals surface area contributed by atoms with E-state index in [2.05, 4.69) is 5.32 Å². The average molecular weight is 570 g/mol. The molecule has 3 aromatic rings. The molecule has 3 rings (SSSR count). The first-order valence-corrected chi connectivity index (χ1v) is 14.9. The number of halogens is 1. The third kappa shape index (κ3) is 8.07. The summed E-state index contributed by atoms with van der Waals surface area (Å²) in [7, 11) is -4.13. The van der Waals surface area contributed by atoms with Crippen LogP contribution in [-0.2, 0) is 26.2 Å². The fraction of sp³-hybridized carbons (Fsp3) is 0.333. The van der Waals surface area contributed by atoms with Gasteiger partial charge in [-0.1, -0.05) is 86.0 Å². The number of aryl methyl sites for hydroxylation is 1. The lowest BCUT2D eigenvalue weighted by Gasteiger charge is -2.33. The van der Waals surface area contributed by atoms with Gasteiger partial charge in [0.05, 0.1) is 10.6 Å². The summed E-state index contributed by atoms with van der Waals surface area (Å²) in [4.78, 5) is 28.7. The lowest BCUT2D eigenvalue weighted by atomic mass is 10.1. The number of rotatable bonds is 13. The summed E-state index contributed by atoms with van der Waals surface area (Å²) >= 11 is 6.22. The van der Waals surface area contributed by atoms with Crippen LogP contribution in [0.1, 0.15) is 44.2 Å². The summed E-state index contributed by atoms with van der Waals surface area (Å²) < 4.78 is 28.8. The topological polar surface area (TPSA) is 86.8 Å². The van der Waals surface area contributed by atoms with Gasteiger partial charge in [0.25, 0.3) is 10.0 Å². The maximum absolute atomic E-state index is 14.0. The molecule has 0 aliphatic rings. The van der Waals surface area contributed by atoms with Crippen molar-refractivity contribution in [3.05, 3.63) is 95.0 Å². The fourth-order valence-corrected chi connectivity index (χ4v) is 5.79. The molecule has 0 bridgehead atoms. The molecule has 0 saturated heterocycles. The number of carbonyl (C=O) groups excluding carboxylic acids is 2. The Labute approximate surface area is 236 Å². The lowest BCUT2D eigenvalue weighted by Crippen LogP contribution is -2.52. The van der Waals surface area contributed by atoms with Crippen molar-refractivity contribution < 1.29 is 18.0 Å². The van der Waals surface area contributed by atoms with Crippen LogP contribution in [0.4, 0.5) is 5.69 Å². The molecule has 1 N–H and O–H groups in total. The van der Waals surface area contributed by atoms with Gasteiger partial charge in [0.2, 0.25) is 11.8 Å². The Bertz CT molecular complexity index is 1350. The lowest BCUT2D eigenvalue weighted by molar-refractivity contribution is -0.140. The van der Waals surface area contributed by atoms with Crippen molar-refractivity contribution in [3.8, 4) is 0 Å². The zero-order valence-electron chi connectivity index (χ0n) is 22.6. The van der Waals surface area contributed by atoms with Gasteiger partial charge in [-0.25, -0.2) is 8.42 Å². The third-order valence-electron chi connectivity index (χ3n) is 6.40. The number of anilines is 1. The maximum atomic E-state index is 14.0. The molecule has 0 aromatic heterocycles. The number of hydrogen-bond acceptors (Lipinski definition) is 4. The van der Waals surface area contributed by atoms with Crippen LogP contribution in [0.3, 0.4) is 0 Å². The van der Waals surface area contributed by atoms with Gasteiger partial charge in [0.1, 0.15) is 12.6 Å². The molecule has 2 amide bonds. The third-order valence-corrected chi connectivity index (χ3v) is 8.42. The van der Waals surface area contributed by atoms with Crippen molar-refractivity contribution in [3.63, 3.8) is 0 Å². The number of nitrogens with one attached hydrogen (secondary N) is 1. The van der Waals surface area contributed by atoms with E-state index in [0.29, 0.717) is 18.0 Å². The first-order chi connectivity index (χ1) is 18.7. The van der Waals surface area contributed by atoms with Crippen LogP contribution in [0.25, 0.3) is 0 Å². The number of amides is 2. The van der Waals surface area contributed by atoms with E-state index < -0.39 is 28.5 Å². The Morgan fingerprint density at radius 2 is 1.64 bits per heavy atom. The summed E-state index contributed by atoms with van der Waals surface area (Å²) in [6.07, 6.45) is 2.12. The van der Waals surface area contributed by atoms with Gasteiger partial charge in [-0.3, -0.25) is 13.9 Å². The standard InChI is InChI=1S/C30H36ClN3O4S/c1-4-6-19-32-30(36)28(5-2)33(21-24-11-8-7-9-12-24)29(35)22-34(26-14-10-13-25(31)20-26)39(37,38)27-17-15-23(3)16-18-27/h7-18,20,28H,4-6,19,21-22H2,1-3H3,(H,32,36). The van der Waals surface area contributed by atoms with Crippen molar-refractivity contribution in [2.24, 2.45) is 0 Å². The van der Waals surface area contributed by atoms with Crippen LogP contribution < -0.4 is 9.62 Å². The molecule has 7 nitrogen and oxygen atoms in total. The van der Waals surface area contributed by atoms with E-state index in [1.54, 1.807) is 30.3 Å². The van der Waals surface area contributed by atoms with Crippen LogP contribution in [0.5, 0.6) is 0 Å². The van der Waals surface area contributed by atoms with Crippen LogP contribution >= 0.6 is 11.6 Å². The first kappa shape index (κ1) is 30.2. The average Bonchev–Trinajstić information content (AvgIpc) is 2.92. The Kier molecular flexibility index (Phi) is 10.9. The Balaban J connectivity index is 2.02. The molecule has 208 valence electrons. The molecule has 0 aliphatic heterocycles. The summed E-state index contributed by atoms with van der Waals surface area (Å²) in [5.74, 6) is -0.752. The Morgan fingerprint density at radius 3 is 2.26 bits per heavy atom. The van der Waals surface area contributed by atoms with E-state index in [1.807, 2.05) is 51.1 Å². The van der Waals surface area contributed by atoms with E-state index >= 15 is 0 Å². The van der Waals surface area contributed by atoms with Crippen molar-refractivity contribution in [1.82, 2.24) is 10.2 Å². The highest BCUT2D eigenvalue weighted by molar-refractivity contribution is 7.92. The number of benzene rings is 3. The second kappa shape index (κ2) is 14.1. The molecule has 1 unspecified atom stereocenters. The Morgan fingerprint density at radius 1 is 0.949 bits per heavy atom. The van der Waals surface area contributed by atoms with Gasteiger partial charge < -0.3 is 10.2 Å². The minimum absolute atomic E-state index is 0.0554. The monoisotopic (exact) mass is 569 g/mol. The molecule has 0 saturated carbocycles. The largest absolute Gasteiger partial charge is 0.354 e. The zero-order valence-corrected chi connectivity index (χ0v) is 24.2. The van der Waals surface area contributed by atoms with E-state index in [1.165, 1.54) is 23.1 Å². The number of unbranched alkanes of at least 4 members (excludes halogenated alkanes) is 1. The molecular weight excluding hydrogens is 534 g/mol. The van der Waals surface area contributed by atoms with Crippen molar-refractivity contribution in [2.45, 2.75) is 57.5 Å². The van der Waals surface area contributed by atoms with Crippen molar-refractivity contribution in [2.75, 3.05) is 17.4 Å². The minimum atomic E-state index is -4.13. The second-order valence-electron chi connectivity index (χ2n) is 9.38. The molecule has 0 fully saturated rings. The molecule has 0 heterocycles. The van der Waals surface area contributed by atoms with Gasteiger partial charge in [-0.2, -0.15) is 0 Å². The van der Waals surface area contributed by atoms with E-state index in [-0.39, 0.29) is 23.0 Å². The number of nitrogens with zero attached hydrogens (tertiary/aromatic N) is 2. The maximum Gasteiger partial charge on any atom is 0.264 e. The molecule has 39 heavy (non-hydrogen) atoms. The smallest absolute Gasteiger partial charge is 0.264 e. The highest BCUT2D eigenvalue weighted by Gasteiger charge is 2.33. The van der Waals surface area contributed by atoms with E-state index in [4.69, 9.17) is 11.6 Å². The zero-order chi connectivity index (χ0) is 28.4. The molecule has 0 aliphatic carbocycles. The molecule has 9 heteroatoms. The summed E-state index contributed by atoms with van der Waals surface area (Å²) in [5, 5.41) is 3.27. The SMILES string of the molecule is CCCCNC(=O)C(CC)N(Cc1ccccc1)C(=O)CN(c1cccc(Cl)c1)S(=O)(=O)c1ccc(C)cc1. The molecule has 0 spiro atoms. The normalized spacial score (nSPS) is 12.0. The van der Waals surface area contributed by atoms with Crippen molar-refractivity contribution >= 4 is 39.1 Å². The van der Waals surface area contributed by atoms with Crippen LogP contribution in [0.15, 0.2) is 83.8 Å². The summed E-state index contributed by atoms with van der Waals surface area (Å²) in [6, 6.07) is 21.4. The second-order valence-corrected chi connectivity index (χ2v) is 11.7. The molecule has 3 aromatic carbocycles. The Hall–Kier alpha value is -3.36. The van der Waals surface area contributed by atoms with Gasteiger partial charge in [-0.05, 0) is 55.7 Å². The van der Waals surface area contributed by atoms with Crippen LogP contribution in [0, 0.1) is 6.92 Å². The molecular formula is C30H36ClN3O4S. The van der Waals surface area contributed by atoms with E-state index in [0.717, 1.165) is 28.3 Å². The first-order valence-electron chi connectivity index (χ1n) is 13.1. The molecule has 0 radical (unpaired) electrons. The number of sulfonamides is 1. The van der Waals surface area contributed by atoms with Crippen LogP contribution in [-0.4, -0.2) is 44.3 Å². The molecule has 1 atom stereocenters. The summed E-state index contributed by atoms with van der Waals surface area (Å²) in [5.41, 5.74) is 2.01. The predicted octanol–water partition coefficient (Wildman–Crippen LogP) is 5.57. The summed E-state index contributed by atoms with van der Waals surface area (Å²) in [6.45, 7) is 5.92. The van der Waals surface area contributed by atoms with Gasteiger partial charge in [0.15, 0.2) is 0 Å². The predicted molar refractivity (Wildman–Crippen MR) is 156 cm³/mol. The highest BCUT2D eigenvalue weighted by Crippen LogP contribution is 2.27. The van der Waals surface area contributed by atoms with Gasteiger partial charge >= 0.3 is 0 Å². The number of carbonyl (C=O) groups is 2. The van der Waals surface area contributed by atoms with Crippen molar-refractivity contribution in [1.29, 1.82) is 0 Å². The van der Waals surface area contributed by atoms with Gasteiger partial charge in [0, 0.05) is 18.1 Å². The minimum Gasteiger partial charge on any atom is -0.354 e. The fourth-order valence-electron chi connectivity index (χ4n) is 4.20. The van der Waals surface area contributed by atoms with Crippen LogP contribution in [0.2, 0.25) is 5.02 Å². The van der Waals surface area contributed by atoms with E-state index in [9.17, 15) is 18.0 Å².